The molecule has 1 aliphatic rings. The van der Waals surface area contributed by atoms with Crippen molar-refractivity contribution in [2.45, 2.75) is 10.2 Å². The van der Waals surface area contributed by atoms with Crippen molar-refractivity contribution in [3.8, 4) is 12.3 Å². The molecule has 11 heavy (non-hydrogen) atoms. The zero-order valence-corrected chi connectivity index (χ0v) is 8.11. The molecule has 1 fully saturated rings. The molecule has 3 nitrogen and oxygen atoms in total. The third-order valence-electron chi connectivity index (χ3n) is 1.27. The number of hydrogen-bond acceptors (Lipinski definition) is 3. The van der Waals surface area contributed by atoms with Gasteiger partial charge >= 0.3 is 0 Å². The summed E-state index contributed by atoms with van der Waals surface area (Å²) in [5, 5.41) is 0. The highest BCUT2D eigenvalue weighted by atomic mass is 127. The average molecular weight is 268 g/mol. The van der Waals surface area contributed by atoms with Gasteiger partial charge in [0.15, 0.2) is 0 Å². The fourth-order valence-corrected chi connectivity index (χ4v) is 1.33. The summed E-state index contributed by atoms with van der Waals surface area (Å²) in [6, 6.07) is 0. The van der Waals surface area contributed by atoms with Gasteiger partial charge in [-0.25, -0.2) is 0 Å². The van der Waals surface area contributed by atoms with Gasteiger partial charge in [0, 0.05) is 0 Å². The third-order valence-corrected chi connectivity index (χ3v) is 2.43. The number of ether oxygens (including phenoxy) is 3. The lowest BCUT2D eigenvalue weighted by atomic mass is 10.4. The van der Waals surface area contributed by atoms with Crippen LogP contribution in [0.3, 0.4) is 0 Å². The molecule has 0 spiro atoms. The summed E-state index contributed by atoms with van der Waals surface area (Å²) in [5.74, 6) is 2.40. The highest BCUT2D eigenvalue weighted by molar-refractivity contribution is 14.1. The Kier molecular flexibility index (Phi) is 4.15. The van der Waals surface area contributed by atoms with Gasteiger partial charge < -0.3 is 14.2 Å². The van der Waals surface area contributed by atoms with Crippen LogP contribution in [0.15, 0.2) is 0 Å². The van der Waals surface area contributed by atoms with Crippen LogP contribution in [-0.4, -0.2) is 30.2 Å². The van der Waals surface area contributed by atoms with E-state index in [1.54, 1.807) is 0 Å². The van der Waals surface area contributed by atoms with Crippen molar-refractivity contribution in [1.82, 2.24) is 0 Å². The summed E-state index contributed by atoms with van der Waals surface area (Å²) in [5.41, 5.74) is 0. The van der Waals surface area contributed by atoms with E-state index in [0.717, 1.165) is 0 Å². The van der Waals surface area contributed by atoms with E-state index in [1.807, 2.05) is 0 Å². The minimum Gasteiger partial charge on any atom is -0.353 e. The minimum atomic E-state index is -0.00819. The Hall–Kier alpha value is 0.170. The molecule has 0 saturated carbocycles. The van der Waals surface area contributed by atoms with Crippen LogP contribution in [0.5, 0.6) is 0 Å². The van der Waals surface area contributed by atoms with Gasteiger partial charge in [0.25, 0.3) is 0 Å². The lowest BCUT2D eigenvalue weighted by molar-refractivity contribution is 0.00488. The summed E-state index contributed by atoms with van der Waals surface area (Å²) in [6.45, 7) is 1.29. The van der Waals surface area contributed by atoms with Gasteiger partial charge in [0.2, 0.25) is 0 Å². The van der Waals surface area contributed by atoms with Crippen molar-refractivity contribution in [2.75, 3.05) is 20.0 Å². The molecule has 0 aromatic rings. The molecule has 62 valence electrons. The van der Waals surface area contributed by atoms with Gasteiger partial charge in [0.05, 0.1) is 6.61 Å². The highest BCUT2D eigenvalue weighted by Gasteiger charge is 2.24. The average Bonchev–Trinajstić information content (AvgIpc) is 2.52. The van der Waals surface area contributed by atoms with E-state index in [2.05, 4.69) is 28.5 Å². The van der Waals surface area contributed by atoms with Crippen molar-refractivity contribution in [3.05, 3.63) is 0 Å². The number of hydrogen-bond donors (Lipinski definition) is 0. The van der Waals surface area contributed by atoms with Gasteiger partial charge in [-0.3, -0.25) is 0 Å². The van der Waals surface area contributed by atoms with Crippen LogP contribution in [0.4, 0.5) is 0 Å². The fraction of sp³-hybridized carbons (Fsp3) is 0.714. The first-order chi connectivity index (χ1) is 5.34. The Morgan fingerprint density at radius 1 is 1.82 bits per heavy atom. The van der Waals surface area contributed by atoms with E-state index in [9.17, 15) is 0 Å². The first kappa shape index (κ1) is 9.26. The molecular weight excluding hydrogens is 259 g/mol. The Morgan fingerprint density at radius 3 is 3.18 bits per heavy atom. The molecule has 1 aliphatic heterocycles. The molecule has 4 heteroatoms. The van der Waals surface area contributed by atoms with Crippen LogP contribution in [0.1, 0.15) is 0 Å². The molecule has 1 heterocycles. The van der Waals surface area contributed by atoms with Crippen molar-refractivity contribution in [3.63, 3.8) is 0 Å². The molecule has 1 rings (SSSR count). The second kappa shape index (κ2) is 4.93. The van der Waals surface area contributed by atoms with Crippen LogP contribution in [0.25, 0.3) is 0 Å². The second-order valence-corrected chi connectivity index (χ2v) is 3.29. The summed E-state index contributed by atoms with van der Waals surface area (Å²) in [6.07, 6.45) is 5.06. The van der Waals surface area contributed by atoms with Gasteiger partial charge in [-0.05, 0) is 22.6 Å². The highest BCUT2D eigenvalue weighted by Crippen LogP contribution is 2.16. The SMILES string of the molecule is C#CCOC(I)C1COCO1. The number of terminal acetylenes is 1. The summed E-state index contributed by atoms with van der Waals surface area (Å²) in [7, 11) is 0. The Labute approximate surface area is 79.5 Å². The van der Waals surface area contributed by atoms with Crippen LogP contribution in [0, 0.1) is 12.3 Å². The number of alkyl halides is 1. The summed E-state index contributed by atoms with van der Waals surface area (Å²) < 4.78 is 15.4. The first-order valence-electron chi connectivity index (χ1n) is 3.23. The van der Waals surface area contributed by atoms with Crippen LogP contribution >= 0.6 is 22.6 Å². The molecule has 0 amide bonds. The lowest BCUT2D eigenvalue weighted by Gasteiger charge is -2.13. The van der Waals surface area contributed by atoms with Crippen LogP contribution in [0.2, 0.25) is 0 Å². The first-order valence-corrected chi connectivity index (χ1v) is 4.47. The Balaban J connectivity index is 2.18. The summed E-state index contributed by atoms with van der Waals surface area (Å²) >= 11 is 2.14. The summed E-state index contributed by atoms with van der Waals surface area (Å²) in [4.78, 5) is 0. The maximum atomic E-state index is 5.22. The van der Waals surface area contributed by atoms with E-state index in [4.69, 9.17) is 20.6 Å². The monoisotopic (exact) mass is 268 g/mol. The fourth-order valence-electron chi connectivity index (χ4n) is 0.734. The zero-order chi connectivity index (χ0) is 8.10. The molecule has 1 saturated heterocycles. The molecular formula is C7H9IO3. The standard InChI is InChI=1S/C7H9IO3/c1-2-3-10-7(8)6-4-9-5-11-6/h1,6-7H,3-5H2. The van der Waals surface area contributed by atoms with Gasteiger partial charge in [-0.15, -0.1) is 6.42 Å². The molecule has 2 unspecified atom stereocenters. The number of halogens is 1. The zero-order valence-electron chi connectivity index (χ0n) is 5.96. The van der Waals surface area contributed by atoms with E-state index in [1.165, 1.54) is 0 Å². The topological polar surface area (TPSA) is 27.7 Å². The van der Waals surface area contributed by atoms with E-state index < -0.39 is 0 Å². The van der Waals surface area contributed by atoms with Crippen molar-refractivity contribution >= 4 is 22.6 Å². The molecule has 0 aromatic heterocycles. The molecule has 0 radical (unpaired) electrons. The van der Waals surface area contributed by atoms with E-state index in [-0.39, 0.29) is 10.2 Å². The molecule has 0 bridgehead atoms. The Morgan fingerprint density at radius 2 is 2.64 bits per heavy atom. The molecule has 0 N–H and O–H groups in total. The van der Waals surface area contributed by atoms with Gasteiger partial charge in [-0.1, -0.05) is 5.92 Å². The molecule has 0 aromatic carbocycles. The smallest absolute Gasteiger partial charge is 0.147 e. The van der Waals surface area contributed by atoms with Crippen LogP contribution in [-0.2, 0) is 14.2 Å². The maximum absolute atomic E-state index is 5.22. The second-order valence-electron chi connectivity index (χ2n) is 2.06. The van der Waals surface area contributed by atoms with Crippen LogP contribution < -0.4 is 0 Å². The van der Waals surface area contributed by atoms with Crippen molar-refractivity contribution < 1.29 is 14.2 Å². The minimum absolute atomic E-state index is 0.00819. The van der Waals surface area contributed by atoms with E-state index >= 15 is 0 Å². The molecule has 2 atom stereocenters. The van der Waals surface area contributed by atoms with E-state index in [0.29, 0.717) is 20.0 Å². The predicted molar refractivity (Wildman–Crippen MR) is 48.3 cm³/mol. The largest absolute Gasteiger partial charge is 0.353 e. The number of rotatable bonds is 3. The lowest BCUT2D eigenvalue weighted by Crippen LogP contribution is -2.25. The Bertz CT molecular complexity index is 148. The van der Waals surface area contributed by atoms with Crippen molar-refractivity contribution in [1.29, 1.82) is 0 Å². The predicted octanol–water partition coefficient (Wildman–Crippen LogP) is 0.770. The van der Waals surface area contributed by atoms with Gasteiger partial charge in [0.1, 0.15) is 23.6 Å². The third kappa shape index (κ3) is 2.95. The van der Waals surface area contributed by atoms with Crippen molar-refractivity contribution in [2.24, 2.45) is 0 Å². The van der Waals surface area contributed by atoms with Gasteiger partial charge in [-0.2, -0.15) is 0 Å². The maximum Gasteiger partial charge on any atom is 0.147 e. The molecule has 0 aliphatic carbocycles. The normalized spacial score (nSPS) is 26.4. The quantitative estimate of drug-likeness (QED) is 0.430.